The zero-order valence-corrected chi connectivity index (χ0v) is 11.2. The van der Waals surface area contributed by atoms with Gasteiger partial charge in [0.05, 0.1) is 11.9 Å². The first-order chi connectivity index (χ1) is 9.66. The van der Waals surface area contributed by atoms with Crippen molar-refractivity contribution >= 4 is 28.9 Å². The zero-order valence-electron chi connectivity index (χ0n) is 10.4. The highest BCUT2D eigenvalue weighted by molar-refractivity contribution is 7.99. The van der Waals surface area contributed by atoms with Crippen LogP contribution in [0.3, 0.4) is 0 Å². The molecule has 100 valence electrons. The third-order valence-corrected chi connectivity index (χ3v) is 3.73. The number of carbonyl (C=O) groups is 1. The van der Waals surface area contributed by atoms with Gasteiger partial charge in [-0.25, -0.2) is 24.7 Å². The molecule has 0 atom stereocenters. The largest absolute Gasteiger partial charge is 0.478 e. The Labute approximate surface area is 117 Å². The Bertz CT molecular complexity index is 801. The molecule has 2 N–H and O–H groups in total. The number of aromatic amines is 1. The number of hydrogen-bond acceptors (Lipinski definition) is 6. The molecule has 0 spiro atoms. The Hall–Kier alpha value is -2.48. The van der Waals surface area contributed by atoms with Crippen molar-refractivity contribution in [3.8, 4) is 0 Å². The number of aromatic carboxylic acids is 1. The van der Waals surface area contributed by atoms with Gasteiger partial charge in [-0.1, -0.05) is 0 Å². The van der Waals surface area contributed by atoms with Crippen molar-refractivity contribution in [2.24, 2.45) is 0 Å². The molecule has 0 amide bonds. The van der Waals surface area contributed by atoms with Gasteiger partial charge in [-0.3, -0.25) is 0 Å². The van der Waals surface area contributed by atoms with E-state index in [0.717, 1.165) is 0 Å². The second-order valence-electron chi connectivity index (χ2n) is 4.00. The summed E-state index contributed by atoms with van der Waals surface area (Å²) in [6.45, 7) is 1.74. The smallest absolute Gasteiger partial charge is 0.338 e. The standard InChI is InChI=1S/C12H9N5O2S/c1-6-2-3-13-10(7(6)12(18)19)20-11-8-9(15-4-14-8)16-5-17-11/h2-5H,1H3,(H,18,19)(H,14,15,16,17). The van der Waals surface area contributed by atoms with Crippen LogP contribution in [0.5, 0.6) is 0 Å². The van der Waals surface area contributed by atoms with Crippen molar-refractivity contribution in [2.75, 3.05) is 0 Å². The number of carboxylic acid groups (broad SMARTS) is 1. The number of imidazole rings is 1. The van der Waals surface area contributed by atoms with Gasteiger partial charge in [-0.15, -0.1) is 0 Å². The fraction of sp³-hybridized carbons (Fsp3) is 0.0833. The molecule has 7 nitrogen and oxygen atoms in total. The number of H-pyrrole nitrogens is 1. The molecule has 3 heterocycles. The van der Waals surface area contributed by atoms with E-state index in [-0.39, 0.29) is 5.56 Å². The number of carboxylic acids is 1. The molecule has 3 aromatic heterocycles. The minimum absolute atomic E-state index is 0.184. The van der Waals surface area contributed by atoms with Crippen LogP contribution in [0.15, 0.2) is 35.0 Å². The molecular weight excluding hydrogens is 278 g/mol. The molecule has 0 bridgehead atoms. The Kier molecular flexibility index (Phi) is 3.07. The maximum absolute atomic E-state index is 11.3. The maximum Gasteiger partial charge on any atom is 0.338 e. The number of pyridine rings is 1. The van der Waals surface area contributed by atoms with Gasteiger partial charge >= 0.3 is 5.97 Å². The van der Waals surface area contributed by atoms with Gasteiger partial charge in [-0.05, 0) is 30.3 Å². The monoisotopic (exact) mass is 287 g/mol. The summed E-state index contributed by atoms with van der Waals surface area (Å²) in [5.74, 6) is -1.01. The summed E-state index contributed by atoms with van der Waals surface area (Å²) in [6, 6.07) is 1.67. The third-order valence-electron chi connectivity index (χ3n) is 2.72. The van der Waals surface area contributed by atoms with Crippen LogP contribution >= 0.6 is 11.8 Å². The van der Waals surface area contributed by atoms with Gasteiger partial charge in [0.1, 0.15) is 21.9 Å². The van der Waals surface area contributed by atoms with E-state index in [1.54, 1.807) is 19.2 Å². The number of nitrogens with one attached hydrogen (secondary N) is 1. The van der Waals surface area contributed by atoms with Crippen LogP contribution in [0.1, 0.15) is 15.9 Å². The SMILES string of the molecule is Cc1ccnc(Sc2ncnc3nc[nH]c23)c1C(=O)O. The molecule has 0 aliphatic carbocycles. The van der Waals surface area contributed by atoms with Crippen LogP contribution in [0.25, 0.3) is 11.2 Å². The van der Waals surface area contributed by atoms with Gasteiger partial charge < -0.3 is 10.1 Å². The van der Waals surface area contributed by atoms with E-state index < -0.39 is 5.97 Å². The average Bonchev–Trinajstić information content (AvgIpc) is 2.87. The first kappa shape index (κ1) is 12.5. The van der Waals surface area contributed by atoms with Crippen LogP contribution in [0, 0.1) is 6.92 Å². The van der Waals surface area contributed by atoms with E-state index in [1.165, 1.54) is 24.4 Å². The lowest BCUT2D eigenvalue weighted by Crippen LogP contribution is -2.04. The highest BCUT2D eigenvalue weighted by Gasteiger charge is 2.17. The topological polar surface area (TPSA) is 105 Å². The van der Waals surface area contributed by atoms with Crippen molar-refractivity contribution in [1.29, 1.82) is 0 Å². The first-order valence-electron chi connectivity index (χ1n) is 5.67. The number of nitrogens with zero attached hydrogens (tertiary/aromatic N) is 4. The van der Waals surface area contributed by atoms with Crippen LogP contribution in [0.4, 0.5) is 0 Å². The lowest BCUT2D eigenvalue weighted by atomic mass is 10.2. The maximum atomic E-state index is 11.3. The van der Waals surface area contributed by atoms with Gasteiger partial charge in [0, 0.05) is 6.20 Å². The van der Waals surface area contributed by atoms with Gasteiger partial charge in [0.2, 0.25) is 0 Å². The number of fused-ring (bicyclic) bond motifs is 1. The van der Waals surface area contributed by atoms with Gasteiger partial charge in [0.25, 0.3) is 0 Å². The summed E-state index contributed by atoms with van der Waals surface area (Å²) < 4.78 is 0. The van der Waals surface area contributed by atoms with Crippen molar-refractivity contribution < 1.29 is 9.90 Å². The summed E-state index contributed by atoms with van der Waals surface area (Å²) >= 11 is 1.18. The van der Waals surface area contributed by atoms with E-state index in [2.05, 4.69) is 24.9 Å². The van der Waals surface area contributed by atoms with Crippen molar-refractivity contribution in [2.45, 2.75) is 17.0 Å². The number of aryl methyl sites for hydroxylation is 1. The fourth-order valence-electron chi connectivity index (χ4n) is 1.78. The quantitative estimate of drug-likeness (QED) is 0.709. The van der Waals surface area contributed by atoms with E-state index in [9.17, 15) is 9.90 Å². The van der Waals surface area contributed by atoms with E-state index >= 15 is 0 Å². The number of aromatic nitrogens is 5. The van der Waals surface area contributed by atoms with Crippen LogP contribution in [-0.4, -0.2) is 36.0 Å². The summed E-state index contributed by atoms with van der Waals surface area (Å²) in [5.41, 5.74) is 2.04. The molecule has 0 aliphatic heterocycles. The van der Waals surface area contributed by atoms with Gasteiger partial charge in [0.15, 0.2) is 5.65 Å². The third kappa shape index (κ3) is 2.10. The molecule has 0 fully saturated rings. The minimum atomic E-state index is -1.01. The molecule has 0 unspecified atom stereocenters. The molecule has 3 rings (SSSR count). The second-order valence-corrected chi connectivity index (χ2v) is 4.97. The van der Waals surface area contributed by atoms with E-state index in [0.29, 0.717) is 26.8 Å². The van der Waals surface area contributed by atoms with Crippen molar-refractivity contribution in [1.82, 2.24) is 24.9 Å². The summed E-state index contributed by atoms with van der Waals surface area (Å²) in [5, 5.41) is 10.3. The average molecular weight is 287 g/mol. The predicted molar refractivity (Wildman–Crippen MR) is 71.7 cm³/mol. The van der Waals surface area contributed by atoms with Crippen LogP contribution in [-0.2, 0) is 0 Å². The molecule has 0 radical (unpaired) electrons. The number of hydrogen-bond donors (Lipinski definition) is 2. The molecule has 0 saturated carbocycles. The Balaban J connectivity index is 2.10. The predicted octanol–water partition coefficient (Wildman–Crippen LogP) is 1.91. The lowest BCUT2D eigenvalue weighted by molar-refractivity contribution is 0.0691. The summed E-state index contributed by atoms with van der Waals surface area (Å²) in [7, 11) is 0. The molecule has 0 aliphatic rings. The zero-order chi connectivity index (χ0) is 14.1. The highest BCUT2D eigenvalue weighted by atomic mass is 32.2. The highest BCUT2D eigenvalue weighted by Crippen LogP contribution is 2.31. The minimum Gasteiger partial charge on any atom is -0.478 e. The molecule has 3 aromatic rings. The van der Waals surface area contributed by atoms with Crippen LogP contribution in [0.2, 0.25) is 0 Å². The number of rotatable bonds is 3. The molecule has 0 saturated heterocycles. The summed E-state index contributed by atoms with van der Waals surface area (Å²) in [6.07, 6.45) is 4.49. The first-order valence-corrected chi connectivity index (χ1v) is 6.49. The molecular formula is C12H9N5O2S. The second kappa shape index (κ2) is 4.89. The lowest BCUT2D eigenvalue weighted by Gasteiger charge is -2.06. The molecule has 0 aromatic carbocycles. The Morgan fingerprint density at radius 3 is 2.90 bits per heavy atom. The Morgan fingerprint density at radius 1 is 1.25 bits per heavy atom. The fourth-order valence-corrected chi connectivity index (χ4v) is 2.78. The summed E-state index contributed by atoms with van der Waals surface area (Å²) in [4.78, 5) is 30.6. The van der Waals surface area contributed by atoms with Gasteiger partial charge in [-0.2, -0.15) is 0 Å². The molecule has 20 heavy (non-hydrogen) atoms. The Morgan fingerprint density at radius 2 is 2.10 bits per heavy atom. The van der Waals surface area contributed by atoms with Crippen molar-refractivity contribution in [3.05, 3.63) is 36.0 Å². The normalized spacial score (nSPS) is 10.8. The molecule has 8 heteroatoms. The van der Waals surface area contributed by atoms with Crippen LogP contribution < -0.4 is 0 Å². The van der Waals surface area contributed by atoms with Crippen molar-refractivity contribution in [3.63, 3.8) is 0 Å². The van der Waals surface area contributed by atoms with E-state index in [1.807, 2.05) is 0 Å². The van der Waals surface area contributed by atoms with E-state index in [4.69, 9.17) is 0 Å².